The first kappa shape index (κ1) is 23.2. The first-order valence-electron chi connectivity index (χ1n) is 10.0. The van der Waals surface area contributed by atoms with Crippen LogP contribution in [-0.2, 0) is 19.4 Å². The van der Waals surface area contributed by atoms with Gasteiger partial charge in [0.05, 0.1) is 11.5 Å². The number of nitrogens with zero attached hydrogens (tertiary/aromatic N) is 4. The average Bonchev–Trinajstić information content (AvgIpc) is 3.23. The molecule has 0 bridgehead atoms. The van der Waals surface area contributed by atoms with E-state index in [1.807, 2.05) is 30.0 Å². The fourth-order valence-corrected chi connectivity index (χ4v) is 5.26. The largest absolute Gasteiger partial charge is 0.371 e. The van der Waals surface area contributed by atoms with E-state index in [1.54, 1.807) is 4.90 Å². The minimum atomic E-state index is -3.07. The smallest absolute Gasteiger partial charge is 0.263 e. The van der Waals surface area contributed by atoms with E-state index in [9.17, 15) is 23.3 Å². The van der Waals surface area contributed by atoms with Crippen LogP contribution in [0.15, 0.2) is 11.8 Å². The van der Waals surface area contributed by atoms with Crippen LogP contribution in [0, 0.1) is 11.3 Å². The van der Waals surface area contributed by atoms with Gasteiger partial charge in [-0.2, -0.15) is 5.26 Å². The summed E-state index contributed by atoms with van der Waals surface area (Å²) in [5.74, 6) is -0.151. The molecule has 29 heavy (non-hydrogen) atoms. The van der Waals surface area contributed by atoms with Crippen molar-refractivity contribution >= 4 is 21.7 Å². The van der Waals surface area contributed by atoms with Gasteiger partial charge in [-0.3, -0.25) is 9.59 Å². The number of amides is 2. The van der Waals surface area contributed by atoms with Gasteiger partial charge in [-0.25, -0.2) is 8.42 Å². The van der Waals surface area contributed by atoms with E-state index >= 15 is 0 Å². The molecule has 0 aromatic carbocycles. The Bertz CT molecular complexity index is 772. The van der Waals surface area contributed by atoms with E-state index < -0.39 is 15.7 Å². The second-order valence-corrected chi connectivity index (χ2v) is 10.1. The van der Waals surface area contributed by atoms with Crippen molar-refractivity contribution in [2.24, 2.45) is 0 Å². The topological polar surface area (TPSA) is 114 Å². The number of hydrogen-bond donors (Lipinski definition) is 1. The summed E-state index contributed by atoms with van der Waals surface area (Å²) in [6.45, 7) is 2.94. The number of nitriles is 1. The average molecular weight is 426 g/mol. The summed E-state index contributed by atoms with van der Waals surface area (Å²) < 4.78 is 23.7. The molecule has 0 aromatic heterocycles. The maximum Gasteiger partial charge on any atom is 0.263 e. The lowest BCUT2D eigenvalue weighted by atomic mass is 10.2. The maximum absolute atomic E-state index is 12.4. The lowest BCUT2D eigenvalue weighted by Crippen LogP contribution is -2.38. The molecule has 2 rings (SSSR count). The summed E-state index contributed by atoms with van der Waals surface area (Å²) in [6, 6.07) is 1.71. The van der Waals surface area contributed by atoms with E-state index in [1.165, 1.54) is 6.20 Å². The van der Waals surface area contributed by atoms with Crippen LogP contribution in [0.3, 0.4) is 0 Å². The Kier molecular flexibility index (Phi) is 8.46. The van der Waals surface area contributed by atoms with Gasteiger partial charge in [0.2, 0.25) is 5.91 Å². The molecule has 2 amide bonds. The molecule has 2 heterocycles. The number of hydrogen-bond acceptors (Lipinski definition) is 7. The van der Waals surface area contributed by atoms with E-state index in [4.69, 9.17) is 0 Å². The number of likely N-dealkylation sites (tertiary alicyclic amines) is 1. The van der Waals surface area contributed by atoms with Gasteiger partial charge < -0.3 is 20.0 Å². The summed E-state index contributed by atoms with van der Waals surface area (Å²) in [6.07, 6.45) is 4.09. The van der Waals surface area contributed by atoms with Crippen LogP contribution in [0.25, 0.3) is 0 Å². The van der Waals surface area contributed by atoms with Crippen LogP contribution in [0.1, 0.15) is 25.7 Å². The maximum atomic E-state index is 12.4. The van der Waals surface area contributed by atoms with Crippen molar-refractivity contribution in [3.8, 4) is 6.07 Å². The minimum absolute atomic E-state index is 0.0368. The van der Waals surface area contributed by atoms with Gasteiger partial charge in [0.1, 0.15) is 11.6 Å². The second kappa shape index (κ2) is 10.6. The zero-order chi connectivity index (χ0) is 21.4. The molecule has 1 unspecified atom stereocenters. The van der Waals surface area contributed by atoms with E-state index in [0.717, 1.165) is 13.0 Å². The monoisotopic (exact) mass is 425 g/mol. The van der Waals surface area contributed by atoms with E-state index in [0.29, 0.717) is 45.4 Å². The molecule has 2 aliphatic rings. The van der Waals surface area contributed by atoms with Crippen LogP contribution >= 0.6 is 0 Å². The molecule has 162 valence electrons. The van der Waals surface area contributed by atoms with Crippen LogP contribution in [-0.4, -0.2) is 99.3 Å². The Balaban J connectivity index is 1.94. The van der Waals surface area contributed by atoms with Gasteiger partial charge in [-0.15, -0.1) is 0 Å². The third-order valence-corrected chi connectivity index (χ3v) is 6.95. The highest BCUT2D eigenvalue weighted by atomic mass is 32.2. The normalized spacial score (nSPS) is 21.4. The van der Waals surface area contributed by atoms with Gasteiger partial charge >= 0.3 is 0 Å². The quantitative estimate of drug-likeness (QED) is 0.287. The standard InChI is InChI=1S/C19H31N5O4S/c1-22(2)10-11-24(17-6-12-29(27,28)15-17)14-16(13-20)19(26)21-7-4-9-23-8-3-5-18(23)25/h14,17H,3-12,15H2,1-2H3,(H,21,26)/b16-14-. The van der Waals surface area contributed by atoms with Crippen molar-refractivity contribution in [2.75, 3.05) is 58.3 Å². The highest BCUT2D eigenvalue weighted by Crippen LogP contribution is 2.19. The number of carbonyl (C=O) groups is 2. The van der Waals surface area contributed by atoms with Crippen LogP contribution in [0.2, 0.25) is 0 Å². The molecule has 10 heteroatoms. The van der Waals surface area contributed by atoms with Gasteiger partial charge in [0.15, 0.2) is 9.84 Å². The summed E-state index contributed by atoms with van der Waals surface area (Å²) in [7, 11) is 0.754. The Morgan fingerprint density at radius 3 is 2.69 bits per heavy atom. The van der Waals surface area contributed by atoms with Crippen LogP contribution in [0.4, 0.5) is 0 Å². The van der Waals surface area contributed by atoms with Crippen molar-refractivity contribution in [1.82, 2.24) is 20.0 Å². The van der Waals surface area contributed by atoms with Gasteiger partial charge in [0, 0.05) is 51.4 Å². The summed E-state index contributed by atoms with van der Waals surface area (Å²) in [4.78, 5) is 29.6. The van der Waals surface area contributed by atoms with Gasteiger partial charge in [-0.05, 0) is 33.4 Å². The fourth-order valence-electron chi connectivity index (χ4n) is 3.52. The molecule has 1 atom stereocenters. The third kappa shape index (κ3) is 7.33. The number of nitrogens with one attached hydrogen (secondary N) is 1. The molecular weight excluding hydrogens is 394 g/mol. The zero-order valence-corrected chi connectivity index (χ0v) is 18.1. The van der Waals surface area contributed by atoms with E-state index in [2.05, 4.69) is 5.32 Å². The van der Waals surface area contributed by atoms with Crippen molar-refractivity contribution in [3.05, 3.63) is 11.8 Å². The van der Waals surface area contributed by atoms with Crippen LogP contribution in [0.5, 0.6) is 0 Å². The lowest BCUT2D eigenvalue weighted by Gasteiger charge is -2.28. The Morgan fingerprint density at radius 2 is 2.14 bits per heavy atom. The predicted molar refractivity (Wildman–Crippen MR) is 109 cm³/mol. The molecule has 0 aliphatic carbocycles. The van der Waals surface area contributed by atoms with Crippen molar-refractivity contribution in [3.63, 3.8) is 0 Å². The summed E-state index contributed by atoms with van der Waals surface area (Å²) in [5.41, 5.74) is -0.0368. The number of carbonyl (C=O) groups excluding carboxylic acids is 2. The predicted octanol–water partition coefficient (Wildman–Crippen LogP) is -0.427. The zero-order valence-electron chi connectivity index (χ0n) is 17.3. The molecule has 0 spiro atoms. The van der Waals surface area contributed by atoms with Gasteiger partial charge in [0.25, 0.3) is 5.91 Å². The molecular formula is C19H31N5O4S. The Morgan fingerprint density at radius 1 is 1.38 bits per heavy atom. The van der Waals surface area contributed by atoms with Crippen LogP contribution < -0.4 is 5.32 Å². The highest BCUT2D eigenvalue weighted by Gasteiger charge is 2.31. The SMILES string of the molecule is CN(C)CCN(/C=C(/C#N)C(=O)NCCCN1CCCC1=O)C1CCS(=O)(=O)C1. The number of sulfone groups is 1. The highest BCUT2D eigenvalue weighted by molar-refractivity contribution is 7.91. The molecule has 2 aliphatic heterocycles. The van der Waals surface area contributed by atoms with Crippen molar-refractivity contribution in [1.29, 1.82) is 5.26 Å². The Hall–Kier alpha value is -2.12. The Labute approximate surface area is 173 Å². The first-order valence-corrected chi connectivity index (χ1v) is 11.8. The molecule has 0 radical (unpaired) electrons. The third-order valence-electron chi connectivity index (χ3n) is 5.20. The molecule has 1 N–H and O–H groups in total. The molecule has 9 nitrogen and oxygen atoms in total. The minimum Gasteiger partial charge on any atom is -0.371 e. The summed E-state index contributed by atoms with van der Waals surface area (Å²) >= 11 is 0. The molecule has 2 saturated heterocycles. The van der Waals surface area contributed by atoms with Gasteiger partial charge in [-0.1, -0.05) is 0 Å². The van der Waals surface area contributed by atoms with Crippen molar-refractivity contribution < 1.29 is 18.0 Å². The number of rotatable bonds is 10. The lowest BCUT2D eigenvalue weighted by molar-refractivity contribution is -0.127. The molecule has 0 saturated carbocycles. The first-order chi connectivity index (χ1) is 13.7. The van der Waals surface area contributed by atoms with Crippen molar-refractivity contribution in [2.45, 2.75) is 31.7 Å². The molecule has 2 fully saturated rings. The molecule has 0 aromatic rings. The fraction of sp³-hybridized carbons (Fsp3) is 0.737. The van der Waals surface area contributed by atoms with E-state index in [-0.39, 0.29) is 29.0 Å². The second-order valence-electron chi connectivity index (χ2n) is 7.85. The summed E-state index contributed by atoms with van der Waals surface area (Å²) in [5, 5.41) is 12.2. The number of likely N-dealkylation sites (N-methyl/N-ethyl adjacent to an activating group) is 1.